The van der Waals surface area contributed by atoms with Crippen molar-refractivity contribution in [1.29, 1.82) is 0 Å². The Kier molecular flexibility index (Phi) is 11.3. The number of carbonyl (C=O) groups excluding carboxylic acids is 3. The number of carboxylic acid groups (broad SMARTS) is 1. The Labute approximate surface area is 184 Å². The lowest BCUT2D eigenvalue weighted by molar-refractivity contribution is -0.142. The average Bonchev–Trinajstić information content (AvgIpc) is 3.22. The zero-order valence-corrected chi connectivity index (χ0v) is 18.5. The lowest BCUT2D eigenvalue weighted by atomic mass is 10.1. The third kappa shape index (κ3) is 8.63. The van der Waals surface area contributed by atoms with Crippen LogP contribution in [-0.2, 0) is 25.6 Å². The van der Waals surface area contributed by atoms with Gasteiger partial charge in [-0.25, -0.2) is 9.78 Å². The minimum absolute atomic E-state index is 0.0588. The molecule has 0 aliphatic carbocycles. The molecule has 7 N–H and O–H groups in total. The van der Waals surface area contributed by atoms with Gasteiger partial charge >= 0.3 is 5.97 Å². The maximum atomic E-state index is 12.7. The Morgan fingerprint density at radius 2 is 1.87 bits per heavy atom. The Balaban J connectivity index is 2.86. The molecule has 4 unspecified atom stereocenters. The molecule has 0 radical (unpaired) electrons. The van der Waals surface area contributed by atoms with Crippen LogP contribution in [0.15, 0.2) is 12.5 Å². The molecule has 0 aromatic carbocycles. The van der Waals surface area contributed by atoms with E-state index in [0.717, 1.165) is 0 Å². The Morgan fingerprint density at radius 3 is 2.40 bits per heavy atom. The van der Waals surface area contributed by atoms with Crippen LogP contribution in [0.2, 0.25) is 0 Å². The summed E-state index contributed by atoms with van der Waals surface area (Å²) in [4.78, 5) is 55.2. The van der Waals surface area contributed by atoms with E-state index in [0.29, 0.717) is 11.4 Å². The zero-order valence-electron chi connectivity index (χ0n) is 16.8. The first-order valence-electron chi connectivity index (χ1n) is 9.16. The second-order valence-corrected chi connectivity index (χ2v) is 7.89. The van der Waals surface area contributed by atoms with E-state index < -0.39 is 47.9 Å². The molecule has 0 aliphatic heterocycles. The topological polar surface area (TPSA) is 179 Å². The smallest absolute Gasteiger partial charge is 0.326 e. The monoisotopic (exact) mass is 460 g/mol. The molecule has 1 aromatic heterocycles. The number of thiol groups is 1. The first kappa shape index (κ1) is 25.8. The maximum Gasteiger partial charge on any atom is 0.326 e. The summed E-state index contributed by atoms with van der Waals surface area (Å²) >= 11 is 5.39. The van der Waals surface area contributed by atoms with Gasteiger partial charge < -0.3 is 31.8 Å². The highest BCUT2D eigenvalue weighted by Gasteiger charge is 2.29. The molecule has 1 rings (SSSR count). The molecule has 3 amide bonds. The number of nitrogens with zero attached hydrogens (tertiary/aromatic N) is 1. The number of hydrogen-bond acceptors (Lipinski definition) is 8. The predicted octanol–water partition coefficient (Wildman–Crippen LogP) is -1.48. The standard InChI is InChI=1S/C17H28N6O5S2/c1-9(21-15(25)11(18)7-29)14(24)23-13(5-10-6-19-8-20-10)16(26)22-12(17(27)28)3-4-30-2/h6,8-9,11-13,29H,3-5,7,18H2,1-2H3,(H,19,20)(H,21,25)(H,22,26)(H,23,24)(H,27,28). The van der Waals surface area contributed by atoms with Crippen LogP contribution < -0.4 is 21.7 Å². The largest absolute Gasteiger partial charge is 0.480 e. The number of aliphatic carboxylic acids is 1. The van der Waals surface area contributed by atoms with Crippen LogP contribution in [0.1, 0.15) is 19.0 Å². The van der Waals surface area contributed by atoms with Crippen LogP contribution in [0.25, 0.3) is 0 Å². The average molecular weight is 461 g/mol. The summed E-state index contributed by atoms with van der Waals surface area (Å²) in [5, 5.41) is 16.8. The van der Waals surface area contributed by atoms with Gasteiger partial charge in [-0.1, -0.05) is 0 Å². The molecule has 0 spiro atoms. The highest BCUT2D eigenvalue weighted by atomic mass is 32.2. The van der Waals surface area contributed by atoms with Gasteiger partial charge in [-0.05, 0) is 25.4 Å². The second kappa shape index (κ2) is 13.1. The Morgan fingerprint density at radius 1 is 1.20 bits per heavy atom. The number of carbonyl (C=O) groups is 4. The van der Waals surface area contributed by atoms with Crippen LogP contribution in [0, 0.1) is 0 Å². The SMILES string of the molecule is CSCCC(NC(=O)C(Cc1cnc[nH]1)NC(=O)C(C)NC(=O)C(N)CS)C(=O)O. The van der Waals surface area contributed by atoms with E-state index in [4.69, 9.17) is 5.73 Å². The molecular formula is C17H28N6O5S2. The second-order valence-electron chi connectivity index (χ2n) is 6.54. The predicted molar refractivity (Wildman–Crippen MR) is 116 cm³/mol. The van der Waals surface area contributed by atoms with Crippen molar-refractivity contribution < 1.29 is 24.3 Å². The number of H-pyrrole nitrogens is 1. The van der Waals surface area contributed by atoms with E-state index in [2.05, 4.69) is 38.5 Å². The van der Waals surface area contributed by atoms with E-state index in [1.807, 2.05) is 6.26 Å². The molecule has 0 fully saturated rings. The summed E-state index contributed by atoms with van der Waals surface area (Å²) in [5.74, 6) is -2.33. The molecule has 4 atom stereocenters. The fourth-order valence-electron chi connectivity index (χ4n) is 2.36. The number of nitrogens with one attached hydrogen (secondary N) is 4. The van der Waals surface area contributed by atoms with E-state index in [9.17, 15) is 24.3 Å². The summed E-state index contributed by atoms with van der Waals surface area (Å²) in [7, 11) is 0. The minimum Gasteiger partial charge on any atom is -0.480 e. The number of thioether (sulfide) groups is 1. The molecule has 13 heteroatoms. The Hall–Kier alpha value is -2.25. The third-order valence-electron chi connectivity index (χ3n) is 4.12. The van der Waals surface area contributed by atoms with Gasteiger partial charge in [-0.3, -0.25) is 14.4 Å². The van der Waals surface area contributed by atoms with Crippen LogP contribution in [0.3, 0.4) is 0 Å². The van der Waals surface area contributed by atoms with E-state index >= 15 is 0 Å². The van der Waals surface area contributed by atoms with Gasteiger partial charge in [-0.2, -0.15) is 24.4 Å². The highest BCUT2D eigenvalue weighted by Crippen LogP contribution is 2.04. The van der Waals surface area contributed by atoms with Gasteiger partial charge in [0, 0.05) is 24.1 Å². The summed E-state index contributed by atoms with van der Waals surface area (Å²) in [6, 6.07) is -4.00. The van der Waals surface area contributed by atoms with Crippen molar-refractivity contribution >= 4 is 48.1 Å². The van der Waals surface area contributed by atoms with Crippen molar-refractivity contribution in [3.05, 3.63) is 18.2 Å². The third-order valence-corrected chi connectivity index (χ3v) is 5.16. The van der Waals surface area contributed by atoms with Gasteiger partial charge in [0.05, 0.1) is 12.4 Å². The molecule has 1 aromatic rings. The van der Waals surface area contributed by atoms with Gasteiger partial charge in [-0.15, -0.1) is 0 Å². The molecule has 0 bridgehead atoms. The van der Waals surface area contributed by atoms with Crippen LogP contribution in [-0.4, -0.2) is 80.7 Å². The van der Waals surface area contributed by atoms with Crippen LogP contribution in [0.5, 0.6) is 0 Å². The van der Waals surface area contributed by atoms with Crippen LogP contribution in [0.4, 0.5) is 0 Å². The first-order valence-corrected chi connectivity index (χ1v) is 11.2. The number of aromatic amines is 1. The molecule has 0 saturated carbocycles. The number of carboxylic acids is 1. The molecular weight excluding hydrogens is 432 g/mol. The van der Waals surface area contributed by atoms with E-state index in [1.165, 1.54) is 31.2 Å². The van der Waals surface area contributed by atoms with E-state index in [1.54, 1.807) is 0 Å². The van der Waals surface area contributed by atoms with Gasteiger partial charge in [0.2, 0.25) is 17.7 Å². The van der Waals surface area contributed by atoms with Gasteiger partial charge in [0.15, 0.2) is 0 Å². The summed E-state index contributed by atoms with van der Waals surface area (Å²) < 4.78 is 0. The quantitative estimate of drug-likeness (QED) is 0.174. The van der Waals surface area contributed by atoms with Gasteiger partial charge in [0.1, 0.15) is 18.1 Å². The number of nitrogens with two attached hydrogens (primary N) is 1. The molecule has 1 heterocycles. The number of aromatic nitrogens is 2. The van der Waals surface area contributed by atoms with Crippen molar-refractivity contribution in [3.8, 4) is 0 Å². The number of hydrogen-bond donors (Lipinski definition) is 7. The molecule has 11 nitrogen and oxygen atoms in total. The summed E-state index contributed by atoms with van der Waals surface area (Å²) in [6.45, 7) is 1.45. The molecule has 30 heavy (non-hydrogen) atoms. The first-order chi connectivity index (χ1) is 14.2. The summed E-state index contributed by atoms with van der Waals surface area (Å²) in [5.41, 5.74) is 6.14. The highest BCUT2D eigenvalue weighted by molar-refractivity contribution is 7.98. The fraction of sp³-hybridized carbons (Fsp3) is 0.588. The number of amides is 3. The van der Waals surface area contributed by atoms with Crippen molar-refractivity contribution in [3.63, 3.8) is 0 Å². The van der Waals surface area contributed by atoms with Crippen molar-refractivity contribution in [2.75, 3.05) is 17.8 Å². The Bertz CT molecular complexity index is 718. The number of rotatable bonds is 13. The van der Waals surface area contributed by atoms with Crippen molar-refractivity contribution in [2.24, 2.45) is 5.73 Å². The van der Waals surface area contributed by atoms with Gasteiger partial charge in [0.25, 0.3) is 0 Å². The summed E-state index contributed by atoms with van der Waals surface area (Å²) in [6.07, 6.45) is 5.04. The minimum atomic E-state index is -1.16. The molecule has 0 saturated heterocycles. The van der Waals surface area contributed by atoms with E-state index in [-0.39, 0.29) is 18.6 Å². The zero-order chi connectivity index (χ0) is 22.7. The van der Waals surface area contributed by atoms with Crippen molar-refractivity contribution in [1.82, 2.24) is 25.9 Å². The lowest BCUT2D eigenvalue weighted by Crippen LogP contribution is -2.57. The molecule has 0 aliphatic rings. The van der Waals surface area contributed by atoms with Crippen LogP contribution >= 0.6 is 24.4 Å². The lowest BCUT2D eigenvalue weighted by Gasteiger charge is -2.23. The maximum absolute atomic E-state index is 12.7. The molecule has 168 valence electrons. The fourth-order valence-corrected chi connectivity index (χ4v) is 2.99. The number of imidazole rings is 1. The van der Waals surface area contributed by atoms with Crippen molar-refractivity contribution in [2.45, 2.75) is 43.9 Å². The normalized spacial score (nSPS) is 14.8.